The van der Waals surface area contributed by atoms with Gasteiger partial charge in [-0.25, -0.2) is 4.39 Å². The minimum atomic E-state index is -0.197. The Morgan fingerprint density at radius 2 is 2.21 bits per heavy atom. The van der Waals surface area contributed by atoms with Crippen molar-refractivity contribution in [2.75, 3.05) is 6.54 Å². The number of rotatable bonds is 1. The summed E-state index contributed by atoms with van der Waals surface area (Å²) in [5.41, 5.74) is 0.745. The van der Waals surface area contributed by atoms with Gasteiger partial charge in [0.2, 0.25) is 0 Å². The fraction of sp³-hybridized carbons (Fsp3) is 0.455. The molecule has 0 bridgehead atoms. The Morgan fingerprint density at radius 3 is 2.86 bits per heavy atom. The quantitative estimate of drug-likeness (QED) is 0.755. The first kappa shape index (κ1) is 9.94. The standard InChI is InChI=1S/C11H13ClFN/c12-8-4-5-9(10(13)7-8)11-3-1-2-6-14-11/h4-5,7,11,14H,1-3,6H2. The second-order valence-corrected chi connectivity index (χ2v) is 4.10. The third kappa shape index (κ3) is 2.07. The lowest BCUT2D eigenvalue weighted by molar-refractivity contribution is 0.400. The van der Waals surface area contributed by atoms with E-state index in [9.17, 15) is 4.39 Å². The maximum Gasteiger partial charge on any atom is 0.129 e. The van der Waals surface area contributed by atoms with Crippen LogP contribution < -0.4 is 5.32 Å². The van der Waals surface area contributed by atoms with Crippen molar-refractivity contribution in [3.8, 4) is 0 Å². The Morgan fingerprint density at radius 1 is 1.36 bits per heavy atom. The summed E-state index contributed by atoms with van der Waals surface area (Å²) in [4.78, 5) is 0. The molecule has 1 aromatic carbocycles. The van der Waals surface area contributed by atoms with Crippen LogP contribution in [-0.4, -0.2) is 6.54 Å². The molecule has 2 rings (SSSR count). The van der Waals surface area contributed by atoms with Crippen molar-refractivity contribution in [3.05, 3.63) is 34.6 Å². The monoisotopic (exact) mass is 213 g/mol. The van der Waals surface area contributed by atoms with E-state index < -0.39 is 0 Å². The average molecular weight is 214 g/mol. The molecular weight excluding hydrogens is 201 g/mol. The molecule has 1 N–H and O–H groups in total. The summed E-state index contributed by atoms with van der Waals surface area (Å²) >= 11 is 5.70. The summed E-state index contributed by atoms with van der Waals surface area (Å²) in [6, 6.07) is 5.07. The summed E-state index contributed by atoms with van der Waals surface area (Å²) < 4.78 is 13.5. The van der Waals surface area contributed by atoms with E-state index in [0.29, 0.717) is 5.02 Å². The zero-order chi connectivity index (χ0) is 9.97. The Balaban J connectivity index is 2.22. The Bertz CT molecular complexity index is 321. The van der Waals surface area contributed by atoms with Crippen molar-refractivity contribution in [1.29, 1.82) is 0 Å². The van der Waals surface area contributed by atoms with E-state index in [-0.39, 0.29) is 11.9 Å². The van der Waals surface area contributed by atoms with Gasteiger partial charge in [0.1, 0.15) is 5.82 Å². The summed E-state index contributed by atoms with van der Waals surface area (Å²) in [6.45, 7) is 0.979. The second kappa shape index (κ2) is 4.28. The van der Waals surface area contributed by atoms with Gasteiger partial charge in [0.25, 0.3) is 0 Å². The molecule has 3 heteroatoms. The second-order valence-electron chi connectivity index (χ2n) is 3.67. The van der Waals surface area contributed by atoms with Crippen LogP contribution >= 0.6 is 11.6 Å². The molecule has 0 radical (unpaired) electrons. The molecule has 76 valence electrons. The predicted molar refractivity (Wildman–Crippen MR) is 56.0 cm³/mol. The highest BCUT2D eigenvalue weighted by Crippen LogP contribution is 2.26. The SMILES string of the molecule is Fc1cc(Cl)ccc1C1CCCCN1. The summed E-state index contributed by atoms with van der Waals surface area (Å²) in [5.74, 6) is -0.197. The number of halogens is 2. The molecule has 0 saturated carbocycles. The van der Waals surface area contributed by atoms with Crippen molar-refractivity contribution >= 4 is 11.6 Å². The fourth-order valence-corrected chi connectivity index (χ4v) is 2.06. The predicted octanol–water partition coefficient (Wildman–Crippen LogP) is 3.29. The molecule has 1 unspecified atom stereocenters. The maximum atomic E-state index is 13.5. The third-order valence-corrected chi connectivity index (χ3v) is 2.88. The van der Waals surface area contributed by atoms with Gasteiger partial charge in [-0.2, -0.15) is 0 Å². The lowest BCUT2D eigenvalue weighted by Crippen LogP contribution is -2.27. The molecule has 1 nitrogen and oxygen atoms in total. The van der Waals surface area contributed by atoms with E-state index in [1.807, 2.05) is 0 Å². The van der Waals surface area contributed by atoms with Crippen LogP contribution in [0.3, 0.4) is 0 Å². The molecule has 0 aliphatic carbocycles. The van der Waals surface area contributed by atoms with Gasteiger partial charge >= 0.3 is 0 Å². The zero-order valence-electron chi connectivity index (χ0n) is 7.89. The minimum absolute atomic E-state index is 0.168. The van der Waals surface area contributed by atoms with Crippen LogP contribution in [-0.2, 0) is 0 Å². The molecule has 1 fully saturated rings. The van der Waals surface area contributed by atoms with Gasteiger partial charge in [0.05, 0.1) is 0 Å². The van der Waals surface area contributed by atoms with Gasteiger partial charge < -0.3 is 5.32 Å². The van der Waals surface area contributed by atoms with Crippen LogP contribution in [0.1, 0.15) is 30.9 Å². The first-order chi connectivity index (χ1) is 6.77. The largest absolute Gasteiger partial charge is 0.310 e. The van der Waals surface area contributed by atoms with Crippen molar-refractivity contribution in [2.45, 2.75) is 25.3 Å². The zero-order valence-corrected chi connectivity index (χ0v) is 8.65. The summed E-state index contributed by atoms with van der Waals surface area (Å²) in [6.07, 6.45) is 3.37. The number of piperidine rings is 1. The molecule has 1 atom stereocenters. The number of nitrogens with one attached hydrogen (secondary N) is 1. The van der Waals surface area contributed by atoms with Gasteiger partial charge in [-0.3, -0.25) is 0 Å². The van der Waals surface area contributed by atoms with Crippen LogP contribution in [0.5, 0.6) is 0 Å². The molecule has 1 heterocycles. The summed E-state index contributed by atoms with van der Waals surface area (Å²) in [7, 11) is 0. The van der Waals surface area contributed by atoms with E-state index in [2.05, 4.69) is 5.32 Å². The molecule has 14 heavy (non-hydrogen) atoms. The van der Waals surface area contributed by atoms with Crippen molar-refractivity contribution in [3.63, 3.8) is 0 Å². The maximum absolute atomic E-state index is 13.5. The normalized spacial score (nSPS) is 22.3. The van der Waals surface area contributed by atoms with E-state index in [1.165, 1.54) is 18.9 Å². The molecule has 0 aromatic heterocycles. The molecular formula is C11H13ClFN. The number of hydrogen-bond donors (Lipinski definition) is 1. The molecule has 1 aromatic rings. The van der Waals surface area contributed by atoms with E-state index in [1.54, 1.807) is 12.1 Å². The first-order valence-electron chi connectivity index (χ1n) is 4.96. The smallest absolute Gasteiger partial charge is 0.129 e. The van der Waals surface area contributed by atoms with Crippen LogP contribution in [0.2, 0.25) is 5.02 Å². The third-order valence-electron chi connectivity index (χ3n) is 2.65. The van der Waals surface area contributed by atoms with Crippen LogP contribution in [0.15, 0.2) is 18.2 Å². The lowest BCUT2D eigenvalue weighted by atomic mass is 9.97. The van der Waals surface area contributed by atoms with Gasteiger partial charge in [-0.15, -0.1) is 0 Å². The average Bonchev–Trinajstić information content (AvgIpc) is 2.19. The van der Waals surface area contributed by atoms with Crippen LogP contribution in [0, 0.1) is 5.82 Å². The van der Waals surface area contributed by atoms with Crippen LogP contribution in [0.25, 0.3) is 0 Å². The highest BCUT2D eigenvalue weighted by atomic mass is 35.5. The molecule has 0 amide bonds. The molecule has 1 aliphatic heterocycles. The Kier molecular flexibility index (Phi) is 3.04. The Labute approximate surface area is 88.3 Å². The minimum Gasteiger partial charge on any atom is -0.310 e. The van der Waals surface area contributed by atoms with Crippen molar-refractivity contribution in [1.82, 2.24) is 5.32 Å². The highest BCUT2D eigenvalue weighted by Gasteiger charge is 2.17. The highest BCUT2D eigenvalue weighted by molar-refractivity contribution is 6.30. The Hall–Kier alpha value is -0.600. The van der Waals surface area contributed by atoms with Gasteiger partial charge in [-0.1, -0.05) is 24.1 Å². The van der Waals surface area contributed by atoms with Gasteiger partial charge in [-0.05, 0) is 31.5 Å². The first-order valence-corrected chi connectivity index (χ1v) is 5.33. The molecule has 1 saturated heterocycles. The van der Waals surface area contributed by atoms with Crippen LogP contribution in [0.4, 0.5) is 4.39 Å². The van der Waals surface area contributed by atoms with E-state index in [4.69, 9.17) is 11.6 Å². The van der Waals surface area contributed by atoms with Gasteiger partial charge in [0, 0.05) is 16.6 Å². The number of hydrogen-bond acceptors (Lipinski definition) is 1. The number of benzene rings is 1. The molecule has 1 aliphatic rings. The van der Waals surface area contributed by atoms with E-state index in [0.717, 1.165) is 18.5 Å². The van der Waals surface area contributed by atoms with Crippen molar-refractivity contribution < 1.29 is 4.39 Å². The van der Waals surface area contributed by atoms with Crippen molar-refractivity contribution in [2.24, 2.45) is 0 Å². The lowest BCUT2D eigenvalue weighted by Gasteiger charge is -2.24. The van der Waals surface area contributed by atoms with E-state index >= 15 is 0 Å². The molecule has 0 spiro atoms. The topological polar surface area (TPSA) is 12.0 Å². The van der Waals surface area contributed by atoms with Gasteiger partial charge in [0.15, 0.2) is 0 Å². The fourth-order valence-electron chi connectivity index (χ4n) is 1.90. The summed E-state index contributed by atoms with van der Waals surface area (Å²) in [5, 5.41) is 3.77.